The van der Waals surface area contributed by atoms with Crippen LogP contribution in [-0.4, -0.2) is 58.4 Å². The molecular formula is C29H28N4O. The third-order valence-corrected chi connectivity index (χ3v) is 6.30. The first-order valence-corrected chi connectivity index (χ1v) is 11.7. The van der Waals surface area contributed by atoms with Crippen LogP contribution in [0, 0.1) is 6.92 Å². The zero-order valence-corrected chi connectivity index (χ0v) is 19.4. The van der Waals surface area contributed by atoms with Crippen LogP contribution >= 0.6 is 0 Å². The number of carbonyl (C=O) groups is 1. The fourth-order valence-electron chi connectivity index (χ4n) is 4.39. The van der Waals surface area contributed by atoms with E-state index >= 15 is 0 Å². The lowest BCUT2D eigenvalue weighted by atomic mass is 10.0. The molecule has 3 heterocycles. The molecule has 0 radical (unpaired) electrons. The molecule has 34 heavy (non-hydrogen) atoms. The van der Waals surface area contributed by atoms with Crippen LogP contribution < -0.4 is 0 Å². The minimum atomic E-state index is 0.0767. The van der Waals surface area contributed by atoms with Gasteiger partial charge in [-0.2, -0.15) is 0 Å². The van der Waals surface area contributed by atoms with Gasteiger partial charge in [0.05, 0.1) is 16.8 Å². The number of aromatic nitrogens is 2. The third kappa shape index (κ3) is 4.90. The van der Waals surface area contributed by atoms with Crippen LogP contribution in [0.25, 0.3) is 28.2 Å². The Balaban J connectivity index is 1.33. The Kier molecular flexibility index (Phi) is 6.45. The molecule has 1 fully saturated rings. The van der Waals surface area contributed by atoms with E-state index in [2.05, 4.69) is 52.4 Å². The van der Waals surface area contributed by atoms with Crippen molar-refractivity contribution in [1.82, 2.24) is 19.8 Å². The Hall–Kier alpha value is -3.83. The van der Waals surface area contributed by atoms with E-state index < -0.39 is 0 Å². The molecule has 1 saturated heterocycles. The van der Waals surface area contributed by atoms with E-state index in [0.29, 0.717) is 0 Å². The third-order valence-electron chi connectivity index (χ3n) is 6.30. The van der Waals surface area contributed by atoms with Crippen LogP contribution in [0.2, 0.25) is 0 Å². The normalized spacial score (nSPS) is 14.7. The van der Waals surface area contributed by atoms with Crippen molar-refractivity contribution in [2.24, 2.45) is 0 Å². The van der Waals surface area contributed by atoms with Crippen molar-refractivity contribution >= 4 is 22.9 Å². The smallest absolute Gasteiger partial charge is 0.254 e. The van der Waals surface area contributed by atoms with E-state index in [4.69, 9.17) is 4.98 Å². The van der Waals surface area contributed by atoms with Gasteiger partial charge in [-0.25, -0.2) is 4.98 Å². The van der Waals surface area contributed by atoms with Gasteiger partial charge in [0.25, 0.3) is 5.91 Å². The summed E-state index contributed by atoms with van der Waals surface area (Å²) in [6.07, 6.45) is 7.86. The highest BCUT2D eigenvalue weighted by atomic mass is 16.2. The minimum Gasteiger partial charge on any atom is -0.336 e. The average Bonchev–Trinajstić information content (AvgIpc) is 2.89. The summed E-state index contributed by atoms with van der Waals surface area (Å²) in [4.78, 5) is 27.0. The van der Waals surface area contributed by atoms with Crippen LogP contribution in [0.4, 0.5) is 0 Å². The van der Waals surface area contributed by atoms with Gasteiger partial charge >= 0.3 is 0 Å². The number of carbonyl (C=O) groups excluding carboxylic acids is 1. The highest BCUT2D eigenvalue weighted by Gasteiger charge is 2.24. The van der Waals surface area contributed by atoms with E-state index in [1.165, 1.54) is 5.56 Å². The summed E-state index contributed by atoms with van der Waals surface area (Å²) in [5, 5.41) is 0.913. The molecule has 5 rings (SSSR count). The summed E-state index contributed by atoms with van der Waals surface area (Å²) in [5.41, 5.74) is 5.65. The van der Waals surface area contributed by atoms with Crippen LogP contribution in [0.1, 0.15) is 21.5 Å². The van der Waals surface area contributed by atoms with Gasteiger partial charge in [0.15, 0.2) is 0 Å². The average molecular weight is 449 g/mol. The lowest BCUT2D eigenvalue weighted by molar-refractivity contribution is 0.0652. The first-order valence-electron chi connectivity index (χ1n) is 11.7. The quantitative estimate of drug-likeness (QED) is 0.427. The number of hydrogen-bond acceptors (Lipinski definition) is 4. The second-order valence-corrected chi connectivity index (χ2v) is 8.72. The molecule has 2 aromatic carbocycles. The molecule has 1 aliphatic rings. The van der Waals surface area contributed by atoms with Gasteiger partial charge in [0.2, 0.25) is 0 Å². The Labute approximate surface area is 200 Å². The molecular weight excluding hydrogens is 420 g/mol. The van der Waals surface area contributed by atoms with Gasteiger partial charge in [-0.15, -0.1) is 0 Å². The predicted molar refractivity (Wildman–Crippen MR) is 138 cm³/mol. The standard InChI is InChI=1S/C29H28N4O/c1-22-9-10-27-25(20-22)26(21-28(31-27)24-11-13-30-14-12-24)29(34)33-18-16-32(17-19-33)15-5-8-23-6-3-2-4-7-23/h2-14,20-21H,15-19H2,1H3/b8-5+. The van der Waals surface area contributed by atoms with Crippen molar-refractivity contribution in [3.8, 4) is 11.3 Å². The topological polar surface area (TPSA) is 49.3 Å². The minimum absolute atomic E-state index is 0.0767. The number of pyridine rings is 2. The van der Waals surface area contributed by atoms with E-state index in [-0.39, 0.29) is 5.91 Å². The zero-order chi connectivity index (χ0) is 23.3. The van der Waals surface area contributed by atoms with Crippen LogP contribution in [0.3, 0.4) is 0 Å². The van der Waals surface area contributed by atoms with Gasteiger partial charge in [-0.3, -0.25) is 14.7 Å². The number of amides is 1. The zero-order valence-electron chi connectivity index (χ0n) is 19.4. The van der Waals surface area contributed by atoms with Crippen molar-refractivity contribution in [2.45, 2.75) is 6.92 Å². The second kappa shape index (κ2) is 9.98. The Bertz CT molecular complexity index is 1310. The van der Waals surface area contributed by atoms with Crippen molar-refractivity contribution < 1.29 is 4.79 Å². The van der Waals surface area contributed by atoms with E-state index in [9.17, 15) is 4.79 Å². The molecule has 2 aromatic heterocycles. The molecule has 0 atom stereocenters. The van der Waals surface area contributed by atoms with Crippen molar-refractivity contribution in [2.75, 3.05) is 32.7 Å². The monoisotopic (exact) mass is 448 g/mol. The van der Waals surface area contributed by atoms with Crippen LogP contribution in [0.15, 0.2) is 85.2 Å². The van der Waals surface area contributed by atoms with Crippen LogP contribution in [-0.2, 0) is 0 Å². The Morgan fingerprint density at radius 3 is 2.47 bits per heavy atom. The number of rotatable bonds is 5. The van der Waals surface area contributed by atoms with E-state index in [1.54, 1.807) is 12.4 Å². The summed E-state index contributed by atoms with van der Waals surface area (Å²) in [7, 11) is 0. The first-order chi connectivity index (χ1) is 16.7. The summed E-state index contributed by atoms with van der Waals surface area (Å²) < 4.78 is 0. The van der Waals surface area contributed by atoms with Gasteiger partial charge in [-0.05, 0) is 42.8 Å². The number of aryl methyl sites for hydroxylation is 1. The number of hydrogen-bond donors (Lipinski definition) is 0. The molecule has 1 aliphatic heterocycles. The lowest BCUT2D eigenvalue weighted by Gasteiger charge is -2.34. The summed E-state index contributed by atoms with van der Waals surface area (Å²) in [6.45, 7) is 6.11. The fourth-order valence-corrected chi connectivity index (χ4v) is 4.39. The summed E-state index contributed by atoms with van der Waals surface area (Å²) >= 11 is 0. The van der Waals surface area contributed by atoms with Gasteiger partial charge < -0.3 is 4.90 Å². The number of fused-ring (bicyclic) bond motifs is 1. The van der Waals surface area contributed by atoms with E-state index in [0.717, 1.165) is 66.0 Å². The molecule has 0 spiro atoms. The van der Waals surface area contributed by atoms with Crippen molar-refractivity contribution in [3.63, 3.8) is 0 Å². The predicted octanol–water partition coefficient (Wildman–Crippen LogP) is 5.08. The van der Waals surface area contributed by atoms with E-state index in [1.807, 2.05) is 48.2 Å². The number of benzene rings is 2. The van der Waals surface area contributed by atoms with Crippen molar-refractivity contribution in [3.05, 3.63) is 102 Å². The van der Waals surface area contributed by atoms with Gasteiger partial charge in [0.1, 0.15) is 0 Å². The highest BCUT2D eigenvalue weighted by molar-refractivity contribution is 6.07. The van der Waals surface area contributed by atoms with Crippen LogP contribution in [0.5, 0.6) is 0 Å². The summed E-state index contributed by atoms with van der Waals surface area (Å²) in [6, 6.07) is 22.2. The summed E-state index contributed by atoms with van der Waals surface area (Å²) in [5.74, 6) is 0.0767. The first kappa shape index (κ1) is 22.0. The fraction of sp³-hybridized carbons (Fsp3) is 0.207. The molecule has 0 N–H and O–H groups in total. The Morgan fingerprint density at radius 2 is 1.71 bits per heavy atom. The number of piperazine rings is 1. The largest absolute Gasteiger partial charge is 0.336 e. The molecule has 5 heteroatoms. The molecule has 0 aliphatic carbocycles. The van der Waals surface area contributed by atoms with Crippen molar-refractivity contribution in [1.29, 1.82) is 0 Å². The molecule has 0 bridgehead atoms. The maximum absolute atomic E-state index is 13.7. The molecule has 0 saturated carbocycles. The molecule has 5 nitrogen and oxygen atoms in total. The highest BCUT2D eigenvalue weighted by Crippen LogP contribution is 2.27. The number of nitrogens with zero attached hydrogens (tertiary/aromatic N) is 4. The maximum Gasteiger partial charge on any atom is 0.254 e. The molecule has 1 amide bonds. The lowest BCUT2D eigenvalue weighted by Crippen LogP contribution is -2.48. The molecule has 170 valence electrons. The van der Waals surface area contributed by atoms with Gasteiger partial charge in [-0.1, -0.05) is 54.1 Å². The maximum atomic E-state index is 13.7. The second-order valence-electron chi connectivity index (χ2n) is 8.72. The van der Waals surface area contributed by atoms with Gasteiger partial charge in [0, 0.05) is 56.1 Å². The Morgan fingerprint density at radius 1 is 0.941 bits per heavy atom. The SMILES string of the molecule is Cc1ccc2nc(-c3ccncc3)cc(C(=O)N3CCN(C/C=C/c4ccccc4)CC3)c2c1. The molecule has 0 unspecified atom stereocenters. The molecule has 4 aromatic rings.